The predicted octanol–water partition coefficient (Wildman–Crippen LogP) is 3.37. The van der Waals surface area contributed by atoms with Crippen LogP contribution in [-0.2, 0) is 11.3 Å². The van der Waals surface area contributed by atoms with Gasteiger partial charge in [-0.15, -0.1) is 0 Å². The Labute approximate surface area is 158 Å². The standard InChI is InChI=1S/C21H22N2O4/c1-14-7-8-15-12-22(20(24)17-5-3-4-6-19(17)26-2)10-9-16-13-27-21(25)23(16)18(15)11-14/h3-8,11,16H,9-10,12-13H2,1-2H3/t16-/m0/s1. The van der Waals surface area contributed by atoms with E-state index >= 15 is 0 Å². The van der Waals surface area contributed by atoms with Crippen molar-refractivity contribution in [2.24, 2.45) is 0 Å². The van der Waals surface area contributed by atoms with E-state index in [9.17, 15) is 9.59 Å². The van der Waals surface area contributed by atoms with E-state index in [1.807, 2.05) is 42.2 Å². The SMILES string of the molecule is COc1ccccc1C(=O)N1CC[C@H]2COC(=O)N2c2cc(C)ccc2C1. The van der Waals surface area contributed by atoms with E-state index in [1.54, 1.807) is 24.1 Å². The molecule has 0 aliphatic carbocycles. The average molecular weight is 366 g/mol. The van der Waals surface area contributed by atoms with Crippen LogP contribution in [0.2, 0.25) is 0 Å². The van der Waals surface area contributed by atoms with Crippen molar-refractivity contribution in [3.8, 4) is 5.75 Å². The van der Waals surface area contributed by atoms with Gasteiger partial charge >= 0.3 is 6.09 Å². The number of hydrogen-bond donors (Lipinski definition) is 0. The Kier molecular flexibility index (Phi) is 4.48. The minimum atomic E-state index is -0.309. The monoisotopic (exact) mass is 366 g/mol. The first kappa shape index (κ1) is 17.4. The molecule has 2 aromatic rings. The Bertz CT molecular complexity index is 896. The molecule has 140 valence electrons. The molecule has 1 fully saturated rings. The molecule has 0 saturated carbocycles. The second-order valence-electron chi connectivity index (χ2n) is 6.95. The number of ether oxygens (including phenoxy) is 2. The number of amides is 2. The first-order chi connectivity index (χ1) is 13.1. The number of methoxy groups -OCH3 is 1. The van der Waals surface area contributed by atoms with Crippen molar-refractivity contribution in [2.45, 2.75) is 25.9 Å². The summed E-state index contributed by atoms with van der Waals surface area (Å²) in [6.07, 6.45) is 0.358. The second-order valence-corrected chi connectivity index (χ2v) is 6.95. The highest BCUT2D eigenvalue weighted by molar-refractivity contribution is 5.97. The number of benzene rings is 2. The maximum Gasteiger partial charge on any atom is 0.414 e. The van der Waals surface area contributed by atoms with Crippen LogP contribution in [0.3, 0.4) is 0 Å². The molecule has 6 heteroatoms. The van der Waals surface area contributed by atoms with Crippen LogP contribution < -0.4 is 9.64 Å². The Balaban J connectivity index is 1.72. The van der Waals surface area contributed by atoms with Crippen LogP contribution in [0.4, 0.5) is 10.5 Å². The van der Waals surface area contributed by atoms with Gasteiger partial charge in [0, 0.05) is 13.1 Å². The van der Waals surface area contributed by atoms with Gasteiger partial charge in [0.2, 0.25) is 0 Å². The van der Waals surface area contributed by atoms with Crippen LogP contribution in [-0.4, -0.2) is 43.2 Å². The largest absolute Gasteiger partial charge is 0.496 e. The van der Waals surface area contributed by atoms with E-state index in [4.69, 9.17) is 9.47 Å². The predicted molar refractivity (Wildman–Crippen MR) is 101 cm³/mol. The summed E-state index contributed by atoms with van der Waals surface area (Å²) in [5.74, 6) is 0.493. The van der Waals surface area contributed by atoms with Gasteiger partial charge in [-0.3, -0.25) is 9.69 Å². The number of para-hydroxylation sites is 1. The van der Waals surface area contributed by atoms with Gasteiger partial charge in [-0.1, -0.05) is 24.3 Å². The van der Waals surface area contributed by atoms with E-state index in [2.05, 4.69) is 0 Å². The van der Waals surface area contributed by atoms with E-state index in [0.717, 1.165) is 16.8 Å². The molecule has 1 atom stereocenters. The smallest absolute Gasteiger partial charge is 0.414 e. The quantitative estimate of drug-likeness (QED) is 0.818. The van der Waals surface area contributed by atoms with Crippen LogP contribution in [0.1, 0.15) is 27.9 Å². The van der Waals surface area contributed by atoms with Crippen LogP contribution in [0.25, 0.3) is 0 Å². The summed E-state index contributed by atoms with van der Waals surface area (Å²) in [5, 5.41) is 0. The molecule has 2 aliphatic rings. The Morgan fingerprint density at radius 1 is 1.22 bits per heavy atom. The molecule has 6 nitrogen and oxygen atoms in total. The lowest BCUT2D eigenvalue weighted by Crippen LogP contribution is -2.42. The molecule has 2 heterocycles. The number of cyclic esters (lactones) is 1. The van der Waals surface area contributed by atoms with Crippen molar-refractivity contribution in [1.29, 1.82) is 0 Å². The summed E-state index contributed by atoms with van der Waals surface area (Å²) >= 11 is 0. The maximum absolute atomic E-state index is 13.2. The highest BCUT2D eigenvalue weighted by Crippen LogP contribution is 2.33. The van der Waals surface area contributed by atoms with Gasteiger partial charge in [0.05, 0.1) is 24.4 Å². The fraction of sp³-hybridized carbons (Fsp3) is 0.333. The summed E-state index contributed by atoms with van der Waals surface area (Å²) < 4.78 is 10.6. The van der Waals surface area contributed by atoms with Crippen molar-refractivity contribution in [3.63, 3.8) is 0 Å². The van der Waals surface area contributed by atoms with Crippen LogP contribution in [0.5, 0.6) is 5.75 Å². The van der Waals surface area contributed by atoms with E-state index < -0.39 is 0 Å². The minimum absolute atomic E-state index is 0.0636. The third-order valence-corrected chi connectivity index (χ3v) is 5.18. The third-order valence-electron chi connectivity index (χ3n) is 5.18. The first-order valence-electron chi connectivity index (χ1n) is 9.06. The molecule has 0 N–H and O–H groups in total. The molecule has 4 rings (SSSR count). The summed E-state index contributed by atoms with van der Waals surface area (Å²) in [6.45, 7) is 3.32. The van der Waals surface area contributed by atoms with Gasteiger partial charge in [0.15, 0.2) is 0 Å². The molecular weight excluding hydrogens is 344 g/mol. The zero-order valence-corrected chi connectivity index (χ0v) is 15.5. The summed E-state index contributed by atoms with van der Waals surface area (Å²) in [5.41, 5.74) is 3.38. The number of fused-ring (bicyclic) bond motifs is 3. The van der Waals surface area contributed by atoms with Crippen LogP contribution in [0, 0.1) is 6.92 Å². The Morgan fingerprint density at radius 3 is 2.85 bits per heavy atom. The number of nitrogens with zero attached hydrogens (tertiary/aromatic N) is 2. The molecule has 2 amide bonds. The molecule has 27 heavy (non-hydrogen) atoms. The van der Waals surface area contributed by atoms with E-state index in [-0.39, 0.29) is 18.0 Å². The molecule has 1 saturated heterocycles. The van der Waals surface area contributed by atoms with Crippen molar-refractivity contribution < 1.29 is 19.1 Å². The number of aryl methyl sites for hydroxylation is 1. The second kappa shape index (κ2) is 6.95. The molecule has 0 unspecified atom stereocenters. The molecular formula is C21H22N2O4. The van der Waals surface area contributed by atoms with Crippen molar-refractivity contribution >= 4 is 17.7 Å². The van der Waals surface area contributed by atoms with Crippen molar-refractivity contribution in [1.82, 2.24) is 4.90 Å². The minimum Gasteiger partial charge on any atom is -0.496 e. The molecule has 0 bridgehead atoms. The highest BCUT2D eigenvalue weighted by atomic mass is 16.6. The number of anilines is 1. The van der Waals surface area contributed by atoms with Gasteiger partial charge in [-0.25, -0.2) is 4.79 Å². The normalized spacial score (nSPS) is 18.9. The molecule has 2 aliphatic heterocycles. The van der Waals surface area contributed by atoms with Gasteiger partial charge < -0.3 is 14.4 Å². The number of hydrogen-bond acceptors (Lipinski definition) is 4. The first-order valence-corrected chi connectivity index (χ1v) is 9.06. The lowest BCUT2D eigenvalue weighted by Gasteiger charge is -2.32. The lowest BCUT2D eigenvalue weighted by atomic mass is 10.0. The number of carbonyl (C=O) groups excluding carboxylic acids is 2. The van der Waals surface area contributed by atoms with E-state index in [1.165, 1.54) is 0 Å². The highest BCUT2D eigenvalue weighted by Gasteiger charge is 2.38. The summed E-state index contributed by atoms with van der Waals surface area (Å²) in [4.78, 5) is 29.1. The zero-order chi connectivity index (χ0) is 19.0. The fourth-order valence-corrected chi connectivity index (χ4v) is 3.75. The number of rotatable bonds is 2. The Morgan fingerprint density at radius 2 is 2.04 bits per heavy atom. The molecule has 0 spiro atoms. The van der Waals surface area contributed by atoms with Crippen LogP contribution >= 0.6 is 0 Å². The van der Waals surface area contributed by atoms with Crippen molar-refractivity contribution in [3.05, 3.63) is 59.2 Å². The summed E-state index contributed by atoms with van der Waals surface area (Å²) in [7, 11) is 1.57. The molecule has 0 radical (unpaired) electrons. The fourth-order valence-electron chi connectivity index (χ4n) is 3.75. The average Bonchev–Trinajstić information content (AvgIpc) is 3.03. The maximum atomic E-state index is 13.2. The third kappa shape index (κ3) is 3.12. The van der Waals surface area contributed by atoms with Crippen molar-refractivity contribution in [2.75, 3.05) is 25.2 Å². The lowest BCUT2D eigenvalue weighted by molar-refractivity contribution is 0.0731. The van der Waals surface area contributed by atoms with Gasteiger partial charge in [0.1, 0.15) is 12.4 Å². The van der Waals surface area contributed by atoms with Crippen LogP contribution in [0.15, 0.2) is 42.5 Å². The zero-order valence-electron chi connectivity index (χ0n) is 15.5. The molecule has 0 aromatic heterocycles. The number of carbonyl (C=O) groups is 2. The van der Waals surface area contributed by atoms with Gasteiger partial charge in [-0.05, 0) is 42.7 Å². The van der Waals surface area contributed by atoms with E-state index in [0.29, 0.717) is 37.4 Å². The topological polar surface area (TPSA) is 59.1 Å². The van der Waals surface area contributed by atoms with Gasteiger partial charge in [-0.2, -0.15) is 0 Å². The summed E-state index contributed by atoms with van der Waals surface area (Å²) in [6, 6.07) is 13.2. The van der Waals surface area contributed by atoms with Gasteiger partial charge in [0.25, 0.3) is 5.91 Å². The molecule has 2 aromatic carbocycles. The Hall–Kier alpha value is -3.02.